The molecule has 1 N–H and O–H groups in total. The maximum Gasteiger partial charge on any atom is 0.246 e. The van der Waals surface area contributed by atoms with Gasteiger partial charge in [0.2, 0.25) is 5.91 Å². The number of hydrogen-bond acceptors (Lipinski definition) is 3. The molecule has 0 radical (unpaired) electrons. The highest BCUT2D eigenvalue weighted by molar-refractivity contribution is 9.10. The van der Waals surface area contributed by atoms with Crippen LogP contribution in [0.25, 0.3) is 0 Å². The Kier molecular flexibility index (Phi) is 5.14. The van der Waals surface area contributed by atoms with Crippen LogP contribution in [0.3, 0.4) is 0 Å². The fourth-order valence-corrected chi connectivity index (χ4v) is 2.31. The van der Waals surface area contributed by atoms with E-state index in [2.05, 4.69) is 21.2 Å². The van der Waals surface area contributed by atoms with Gasteiger partial charge in [-0.1, -0.05) is 0 Å². The van der Waals surface area contributed by atoms with Crippen LogP contribution in [0.1, 0.15) is 11.8 Å². The summed E-state index contributed by atoms with van der Waals surface area (Å²) in [7, 11) is 0. The van der Waals surface area contributed by atoms with Crippen LogP contribution < -0.4 is 5.32 Å². The Morgan fingerprint density at radius 1 is 1.71 bits per heavy atom. The van der Waals surface area contributed by atoms with Gasteiger partial charge >= 0.3 is 0 Å². The summed E-state index contributed by atoms with van der Waals surface area (Å²) in [5.41, 5.74) is 0. The van der Waals surface area contributed by atoms with Gasteiger partial charge < -0.3 is 10.1 Å². The van der Waals surface area contributed by atoms with E-state index in [1.165, 1.54) is 0 Å². The topological polar surface area (TPSA) is 38.3 Å². The first-order chi connectivity index (χ1) is 6.74. The van der Waals surface area contributed by atoms with Crippen LogP contribution in [-0.4, -0.2) is 19.1 Å². The van der Waals surface area contributed by atoms with Crippen molar-refractivity contribution in [2.45, 2.75) is 13.5 Å². The van der Waals surface area contributed by atoms with Gasteiger partial charge in [-0.3, -0.25) is 4.79 Å². The van der Waals surface area contributed by atoms with Crippen LogP contribution in [0.2, 0.25) is 0 Å². The summed E-state index contributed by atoms with van der Waals surface area (Å²) in [6, 6.07) is 1.97. The second-order valence-corrected chi connectivity index (χ2v) is 4.46. The Morgan fingerprint density at radius 2 is 2.50 bits per heavy atom. The van der Waals surface area contributed by atoms with E-state index in [4.69, 9.17) is 4.74 Å². The van der Waals surface area contributed by atoms with E-state index in [1.54, 1.807) is 11.3 Å². The predicted octanol–water partition coefficient (Wildman–Crippen LogP) is 2.16. The number of carbonyl (C=O) groups excluding carboxylic acids is 1. The molecule has 0 aromatic carbocycles. The van der Waals surface area contributed by atoms with Gasteiger partial charge in [0.1, 0.15) is 6.61 Å². The number of halogens is 1. The lowest BCUT2D eigenvalue weighted by molar-refractivity contribution is -0.125. The molecule has 0 bridgehead atoms. The standard InChI is InChI=1S/C9H12BrNO2S/c1-2-13-6-9(12)11-5-8-7(10)3-4-14-8/h3-4H,2,5-6H2,1H3,(H,11,12). The minimum atomic E-state index is -0.0767. The molecule has 1 amide bonds. The monoisotopic (exact) mass is 277 g/mol. The average molecular weight is 278 g/mol. The van der Waals surface area contributed by atoms with E-state index in [1.807, 2.05) is 18.4 Å². The third kappa shape index (κ3) is 3.77. The number of thiophene rings is 1. The quantitative estimate of drug-likeness (QED) is 0.896. The normalized spacial score (nSPS) is 10.1. The number of ether oxygens (including phenoxy) is 1. The summed E-state index contributed by atoms with van der Waals surface area (Å²) in [4.78, 5) is 12.3. The Balaban J connectivity index is 2.27. The Labute approximate surface area is 95.6 Å². The SMILES string of the molecule is CCOCC(=O)NCc1sccc1Br. The predicted molar refractivity (Wildman–Crippen MR) is 60.4 cm³/mol. The van der Waals surface area contributed by atoms with Gasteiger partial charge in [-0.25, -0.2) is 0 Å². The highest BCUT2D eigenvalue weighted by Gasteiger charge is 2.04. The largest absolute Gasteiger partial charge is 0.372 e. The molecule has 1 heterocycles. The van der Waals surface area contributed by atoms with Gasteiger partial charge in [0.25, 0.3) is 0 Å². The highest BCUT2D eigenvalue weighted by atomic mass is 79.9. The molecule has 3 nitrogen and oxygen atoms in total. The van der Waals surface area contributed by atoms with Crippen molar-refractivity contribution in [1.82, 2.24) is 5.32 Å². The van der Waals surface area contributed by atoms with Crippen molar-refractivity contribution in [3.63, 3.8) is 0 Å². The van der Waals surface area contributed by atoms with E-state index in [0.29, 0.717) is 13.2 Å². The van der Waals surface area contributed by atoms with Crippen LogP contribution in [0, 0.1) is 0 Å². The second-order valence-electron chi connectivity index (χ2n) is 2.61. The Hall–Kier alpha value is -0.390. The van der Waals surface area contributed by atoms with Crippen molar-refractivity contribution in [3.8, 4) is 0 Å². The van der Waals surface area contributed by atoms with Gasteiger partial charge in [0.15, 0.2) is 0 Å². The molecule has 78 valence electrons. The first-order valence-electron chi connectivity index (χ1n) is 4.30. The molecule has 1 rings (SSSR count). The summed E-state index contributed by atoms with van der Waals surface area (Å²) in [6.07, 6.45) is 0. The van der Waals surface area contributed by atoms with E-state index >= 15 is 0 Å². The molecule has 0 aliphatic rings. The van der Waals surface area contributed by atoms with Crippen molar-refractivity contribution in [2.24, 2.45) is 0 Å². The van der Waals surface area contributed by atoms with Gasteiger partial charge in [-0.05, 0) is 34.3 Å². The molecule has 0 fully saturated rings. The van der Waals surface area contributed by atoms with E-state index < -0.39 is 0 Å². The van der Waals surface area contributed by atoms with E-state index in [-0.39, 0.29) is 12.5 Å². The molecule has 1 aromatic heterocycles. The number of hydrogen-bond donors (Lipinski definition) is 1. The van der Waals surface area contributed by atoms with Crippen molar-refractivity contribution in [1.29, 1.82) is 0 Å². The van der Waals surface area contributed by atoms with E-state index in [9.17, 15) is 4.79 Å². The molecule has 14 heavy (non-hydrogen) atoms. The summed E-state index contributed by atoms with van der Waals surface area (Å²) in [5.74, 6) is -0.0767. The maximum atomic E-state index is 11.2. The summed E-state index contributed by atoms with van der Waals surface area (Å²) in [6.45, 7) is 3.13. The zero-order chi connectivity index (χ0) is 10.4. The van der Waals surface area contributed by atoms with Crippen molar-refractivity contribution in [2.75, 3.05) is 13.2 Å². The average Bonchev–Trinajstić information content (AvgIpc) is 2.58. The highest BCUT2D eigenvalue weighted by Crippen LogP contribution is 2.21. The molecular formula is C9H12BrNO2S. The van der Waals surface area contributed by atoms with Crippen LogP contribution in [0.4, 0.5) is 0 Å². The number of nitrogens with one attached hydrogen (secondary N) is 1. The van der Waals surface area contributed by atoms with Crippen molar-refractivity contribution in [3.05, 3.63) is 20.8 Å². The third-order valence-corrected chi connectivity index (χ3v) is 3.50. The molecule has 0 aliphatic heterocycles. The first kappa shape index (κ1) is 11.7. The molecule has 0 unspecified atom stereocenters. The van der Waals surface area contributed by atoms with E-state index in [0.717, 1.165) is 9.35 Å². The zero-order valence-corrected chi connectivity index (χ0v) is 10.3. The van der Waals surface area contributed by atoms with Gasteiger partial charge in [0.05, 0.1) is 6.54 Å². The minimum Gasteiger partial charge on any atom is -0.372 e. The van der Waals surface area contributed by atoms with Gasteiger partial charge in [-0.15, -0.1) is 11.3 Å². The number of rotatable bonds is 5. The Morgan fingerprint density at radius 3 is 3.07 bits per heavy atom. The lowest BCUT2D eigenvalue weighted by Gasteiger charge is -2.03. The van der Waals surface area contributed by atoms with Crippen LogP contribution in [0.15, 0.2) is 15.9 Å². The molecule has 0 aliphatic carbocycles. The lowest BCUT2D eigenvalue weighted by Crippen LogP contribution is -2.26. The van der Waals surface area contributed by atoms with Gasteiger partial charge in [-0.2, -0.15) is 0 Å². The van der Waals surface area contributed by atoms with Crippen LogP contribution in [-0.2, 0) is 16.1 Å². The van der Waals surface area contributed by atoms with Crippen LogP contribution >= 0.6 is 27.3 Å². The number of amides is 1. The van der Waals surface area contributed by atoms with Crippen LogP contribution in [0.5, 0.6) is 0 Å². The molecule has 0 saturated carbocycles. The Bertz CT molecular complexity index is 301. The fourth-order valence-electron chi connectivity index (χ4n) is 0.876. The molecule has 5 heteroatoms. The third-order valence-electron chi connectivity index (χ3n) is 1.57. The van der Waals surface area contributed by atoms with Crippen molar-refractivity contribution >= 4 is 33.2 Å². The smallest absolute Gasteiger partial charge is 0.246 e. The first-order valence-corrected chi connectivity index (χ1v) is 5.97. The maximum absolute atomic E-state index is 11.2. The fraction of sp³-hybridized carbons (Fsp3) is 0.444. The van der Waals surface area contributed by atoms with Crippen molar-refractivity contribution < 1.29 is 9.53 Å². The molecule has 1 aromatic rings. The summed E-state index contributed by atoms with van der Waals surface area (Å²) < 4.78 is 6.02. The minimum absolute atomic E-state index is 0.0767. The zero-order valence-electron chi connectivity index (χ0n) is 7.88. The number of carbonyl (C=O) groups is 1. The molecule has 0 spiro atoms. The molecule has 0 saturated heterocycles. The van der Waals surface area contributed by atoms with Gasteiger partial charge in [0, 0.05) is 16.0 Å². The molecular weight excluding hydrogens is 266 g/mol. The summed E-state index contributed by atoms with van der Waals surface area (Å²) in [5, 5.41) is 4.76. The second kappa shape index (κ2) is 6.16. The lowest BCUT2D eigenvalue weighted by atomic mass is 10.4. The molecule has 0 atom stereocenters. The summed E-state index contributed by atoms with van der Waals surface area (Å²) >= 11 is 5.01.